The molecule has 1 aliphatic rings. The zero-order chi connectivity index (χ0) is 19.1. The maximum atomic E-state index is 12.7. The lowest BCUT2D eigenvalue weighted by molar-refractivity contribution is -0.151. The van der Waals surface area contributed by atoms with E-state index in [2.05, 4.69) is 0 Å². The van der Waals surface area contributed by atoms with Gasteiger partial charge in [-0.25, -0.2) is 0 Å². The second-order valence-corrected chi connectivity index (χ2v) is 6.14. The van der Waals surface area contributed by atoms with Gasteiger partial charge in [0, 0.05) is 13.1 Å². The van der Waals surface area contributed by atoms with E-state index in [1.807, 2.05) is 0 Å². The number of piperidine rings is 1. The van der Waals surface area contributed by atoms with Crippen LogP contribution in [0.4, 0.5) is 0 Å². The lowest BCUT2D eigenvalue weighted by atomic mass is 9.97. The largest absolute Gasteiger partial charge is 0.493 e. The van der Waals surface area contributed by atoms with Crippen molar-refractivity contribution in [2.75, 3.05) is 41.0 Å². The van der Waals surface area contributed by atoms with Crippen molar-refractivity contribution in [3.05, 3.63) is 17.7 Å². The molecule has 1 atom stereocenters. The first-order chi connectivity index (χ1) is 12.5. The molecule has 1 unspecified atom stereocenters. The van der Waals surface area contributed by atoms with E-state index in [1.54, 1.807) is 24.0 Å². The van der Waals surface area contributed by atoms with Crippen LogP contribution >= 0.6 is 0 Å². The van der Waals surface area contributed by atoms with Crippen molar-refractivity contribution >= 4 is 11.9 Å². The summed E-state index contributed by atoms with van der Waals surface area (Å²) >= 11 is 0. The average Bonchev–Trinajstić information content (AvgIpc) is 2.67. The third-order valence-corrected chi connectivity index (χ3v) is 4.47. The van der Waals surface area contributed by atoms with Gasteiger partial charge in [0.15, 0.2) is 11.5 Å². The Hall–Kier alpha value is -2.44. The lowest BCUT2D eigenvalue weighted by Crippen LogP contribution is -2.43. The zero-order valence-corrected chi connectivity index (χ0v) is 15.9. The second kappa shape index (κ2) is 9.31. The van der Waals surface area contributed by atoms with E-state index in [1.165, 1.54) is 21.3 Å². The van der Waals surface area contributed by atoms with E-state index < -0.39 is 0 Å². The standard InChI is InChI=1S/C19H27NO6/c1-5-26-19(22)14-7-6-8-20(12-14)17(21)11-13-9-15(23-2)18(25-4)16(10-13)24-3/h9-10,14H,5-8,11-12H2,1-4H3. The summed E-state index contributed by atoms with van der Waals surface area (Å²) in [5.74, 6) is 1.01. The molecule has 1 amide bonds. The summed E-state index contributed by atoms with van der Waals surface area (Å²) in [6, 6.07) is 3.54. The number of hydrogen-bond acceptors (Lipinski definition) is 6. The Morgan fingerprint density at radius 1 is 1.12 bits per heavy atom. The SMILES string of the molecule is CCOC(=O)C1CCCN(C(=O)Cc2cc(OC)c(OC)c(OC)c2)C1. The van der Waals surface area contributed by atoms with Crippen molar-refractivity contribution in [3.8, 4) is 17.2 Å². The van der Waals surface area contributed by atoms with E-state index in [-0.39, 0.29) is 24.2 Å². The normalized spacial score (nSPS) is 16.8. The molecule has 1 saturated heterocycles. The number of rotatable bonds is 7. The van der Waals surface area contributed by atoms with Gasteiger partial charge in [-0.2, -0.15) is 0 Å². The molecule has 1 aromatic rings. The number of carbonyl (C=O) groups is 2. The fourth-order valence-corrected chi connectivity index (χ4v) is 3.18. The molecule has 0 bridgehead atoms. The minimum absolute atomic E-state index is 0.0340. The molecule has 7 heteroatoms. The van der Waals surface area contributed by atoms with Gasteiger partial charge in [0.1, 0.15) is 0 Å². The van der Waals surface area contributed by atoms with Crippen LogP contribution in [0.25, 0.3) is 0 Å². The zero-order valence-electron chi connectivity index (χ0n) is 15.9. The van der Waals surface area contributed by atoms with Crippen LogP contribution in [0.5, 0.6) is 17.2 Å². The van der Waals surface area contributed by atoms with Crippen molar-refractivity contribution in [2.45, 2.75) is 26.2 Å². The summed E-state index contributed by atoms with van der Waals surface area (Å²) in [6.07, 6.45) is 1.75. The third kappa shape index (κ3) is 4.59. The molecule has 0 aromatic heterocycles. The van der Waals surface area contributed by atoms with Gasteiger partial charge in [-0.15, -0.1) is 0 Å². The van der Waals surface area contributed by atoms with Crippen LogP contribution in [0.2, 0.25) is 0 Å². The van der Waals surface area contributed by atoms with Crippen molar-refractivity contribution in [1.29, 1.82) is 0 Å². The topological polar surface area (TPSA) is 74.3 Å². The quantitative estimate of drug-likeness (QED) is 0.689. The Morgan fingerprint density at radius 2 is 1.77 bits per heavy atom. The first kappa shape index (κ1) is 19.9. The predicted molar refractivity (Wildman–Crippen MR) is 95.7 cm³/mol. The molecule has 0 aliphatic carbocycles. The molecule has 26 heavy (non-hydrogen) atoms. The fourth-order valence-electron chi connectivity index (χ4n) is 3.18. The maximum Gasteiger partial charge on any atom is 0.310 e. The van der Waals surface area contributed by atoms with Crippen molar-refractivity contribution in [1.82, 2.24) is 4.90 Å². The van der Waals surface area contributed by atoms with Crippen LogP contribution in [0.1, 0.15) is 25.3 Å². The molecule has 2 rings (SSSR count). The second-order valence-electron chi connectivity index (χ2n) is 6.14. The van der Waals surface area contributed by atoms with Gasteiger partial charge in [0.25, 0.3) is 0 Å². The molecule has 0 N–H and O–H groups in total. The molecule has 1 aliphatic heterocycles. The van der Waals surface area contributed by atoms with E-state index in [4.69, 9.17) is 18.9 Å². The van der Waals surface area contributed by atoms with Gasteiger partial charge < -0.3 is 23.8 Å². The molecule has 0 radical (unpaired) electrons. The van der Waals surface area contributed by atoms with Crippen LogP contribution in [-0.4, -0.2) is 57.8 Å². The predicted octanol–water partition coefficient (Wildman–Crippen LogP) is 2.06. The van der Waals surface area contributed by atoms with Crippen molar-refractivity contribution in [3.63, 3.8) is 0 Å². The molecule has 7 nitrogen and oxygen atoms in total. The highest BCUT2D eigenvalue weighted by Gasteiger charge is 2.29. The minimum atomic E-state index is -0.243. The smallest absolute Gasteiger partial charge is 0.310 e. The Kier molecular flexibility index (Phi) is 7.12. The summed E-state index contributed by atoms with van der Waals surface area (Å²) in [5.41, 5.74) is 0.766. The average molecular weight is 365 g/mol. The Morgan fingerprint density at radius 3 is 2.31 bits per heavy atom. The number of esters is 1. The van der Waals surface area contributed by atoms with Crippen LogP contribution < -0.4 is 14.2 Å². The van der Waals surface area contributed by atoms with Crippen molar-refractivity contribution in [2.24, 2.45) is 5.92 Å². The van der Waals surface area contributed by atoms with Crippen LogP contribution in [0.3, 0.4) is 0 Å². The van der Waals surface area contributed by atoms with Gasteiger partial charge >= 0.3 is 5.97 Å². The highest BCUT2D eigenvalue weighted by molar-refractivity contribution is 5.81. The highest BCUT2D eigenvalue weighted by atomic mass is 16.5. The molecule has 1 aromatic carbocycles. The number of nitrogens with zero attached hydrogens (tertiary/aromatic N) is 1. The summed E-state index contributed by atoms with van der Waals surface area (Å²) in [5, 5.41) is 0. The van der Waals surface area contributed by atoms with Gasteiger partial charge in [-0.3, -0.25) is 9.59 Å². The van der Waals surface area contributed by atoms with E-state index in [0.717, 1.165) is 18.4 Å². The molecule has 144 valence electrons. The molecular formula is C19H27NO6. The number of carbonyl (C=O) groups excluding carboxylic acids is 2. The third-order valence-electron chi connectivity index (χ3n) is 4.47. The van der Waals surface area contributed by atoms with E-state index in [9.17, 15) is 9.59 Å². The van der Waals surface area contributed by atoms with Crippen LogP contribution in [0.15, 0.2) is 12.1 Å². The monoisotopic (exact) mass is 365 g/mol. The van der Waals surface area contributed by atoms with Gasteiger partial charge in [0.05, 0.1) is 40.3 Å². The van der Waals surface area contributed by atoms with Crippen molar-refractivity contribution < 1.29 is 28.5 Å². The number of likely N-dealkylation sites (tertiary alicyclic amines) is 1. The van der Waals surface area contributed by atoms with E-state index >= 15 is 0 Å². The Bertz CT molecular complexity index is 620. The number of amides is 1. The first-order valence-corrected chi connectivity index (χ1v) is 8.77. The first-order valence-electron chi connectivity index (χ1n) is 8.77. The summed E-state index contributed by atoms with van der Waals surface area (Å²) < 4.78 is 21.1. The van der Waals surface area contributed by atoms with Crippen LogP contribution in [0, 0.1) is 5.92 Å². The highest BCUT2D eigenvalue weighted by Crippen LogP contribution is 2.38. The number of ether oxygens (including phenoxy) is 4. The number of benzene rings is 1. The van der Waals surface area contributed by atoms with Gasteiger partial charge in [-0.1, -0.05) is 0 Å². The Balaban J connectivity index is 2.10. The molecule has 1 fully saturated rings. The van der Waals surface area contributed by atoms with Gasteiger partial charge in [-0.05, 0) is 37.5 Å². The molecule has 0 spiro atoms. The van der Waals surface area contributed by atoms with E-state index in [0.29, 0.717) is 36.9 Å². The van der Waals surface area contributed by atoms with Crippen LogP contribution in [-0.2, 0) is 20.7 Å². The molecule has 1 heterocycles. The molecule has 0 saturated carbocycles. The van der Waals surface area contributed by atoms with Gasteiger partial charge in [0.2, 0.25) is 11.7 Å². The summed E-state index contributed by atoms with van der Waals surface area (Å²) in [7, 11) is 4.61. The Labute approximate surface area is 154 Å². The number of hydrogen-bond donors (Lipinski definition) is 0. The summed E-state index contributed by atoms with van der Waals surface area (Å²) in [6.45, 7) is 3.20. The summed E-state index contributed by atoms with van der Waals surface area (Å²) in [4.78, 5) is 26.4. The number of methoxy groups -OCH3 is 3. The maximum absolute atomic E-state index is 12.7. The minimum Gasteiger partial charge on any atom is -0.493 e. The molecular weight excluding hydrogens is 338 g/mol. The lowest BCUT2D eigenvalue weighted by Gasteiger charge is -2.31. The fraction of sp³-hybridized carbons (Fsp3) is 0.579.